The second-order valence-corrected chi connectivity index (χ2v) is 6.80. The molecule has 1 saturated carbocycles. The normalized spacial score (nSPS) is 18.4. The van der Waals surface area contributed by atoms with E-state index in [2.05, 4.69) is 5.32 Å². The Morgan fingerprint density at radius 3 is 2.30 bits per heavy atom. The Bertz CT molecular complexity index is 327. The predicted molar refractivity (Wildman–Crippen MR) is 79.2 cm³/mol. The lowest BCUT2D eigenvalue weighted by molar-refractivity contribution is -0.156. The maximum Gasteiger partial charge on any atom is 0.319 e. The number of ether oxygens (including phenoxy) is 1. The molecule has 20 heavy (non-hydrogen) atoms. The summed E-state index contributed by atoms with van der Waals surface area (Å²) >= 11 is 0. The molecule has 1 aliphatic rings. The van der Waals surface area contributed by atoms with Gasteiger partial charge in [-0.3, -0.25) is 9.59 Å². The summed E-state index contributed by atoms with van der Waals surface area (Å²) in [6.07, 6.45) is 6.17. The quantitative estimate of drug-likeness (QED) is 0.623. The second kappa shape index (κ2) is 7.65. The molecule has 1 amide bonds. The summed E-state index contributed by atoms with van der Waals surface area (Å²) in [5.41, 5.74) is -0.428. The number of carbonyl (C=O) groups excluding carboxylic acids is 2. The van der Waals surface area contributed by atoms with E-state index in [1.165, 1.54) is 32.1 Å². The molecule has 0 saturated heterocycles. The van der Waals surface area contributed by atoms with E-state index in [-0.39, 0.29) is 5.91 Å². The summed E-state index contributed by atoms with van der Waals surface area (Å²) in [4.78, 5) is 24.3. The molecule has 0 aromatic heterocycles. The van der Waals surface area contributed by atoms with Gasteiger partial charge in [-0.25, -0.2) is 0 Å². The molecular formula is C16H29NO3. The van der Waals surface area contributed by atoms with Gasteiger partial charge in [0.2, 0.25) is 5.91 Å². The topological polar surface area (TPSA) is 55.4 Å². The molecule has 4 heteroatoms. The smallest absolute Gasteiger partial charge is 0.319 e. The van der Waals surface area contributed by atoms with Crippen molar-refractivity contribution >= 4 is 11.9 Å². The minimum Gasteiger partial charge on any atom is -0.465 e. The Morgan fingerprint density at radius 2 is 1.80 bits per heavy atom. The van der Waals surface area contributed by atoms with Crippen LogP contribution in [-0.4, -0.2) is 25.0 Å². The highest BCUT2D eigenvalue weighted by atomic mass is 16.5. The number of hydrogen-bond acceptors (Lipinski definition) is 3. The van der Waals surface area contributed by atoms with E-state index in [1.54, 1.807) is 6.92 Å². The predicted octanol–water partition coefficient (Wildman–Crippen LogP) is 2.91. The average Bonchev–Trinajstić information content (AvgIpc) is 2.36. The highest BCUT2D eigenvalue weighted by Crippen LogP contribution is 2.28. The first kappa shape index (κ1) is 17.0. The van der Waals surface area contributed by atoms with E-state index in [1.807, 2.05) is 20.8 Å². The van der Waals surface area contributed by atoms with Crippen molar-refractivity contribution in [3.05, 3.63) is 0 Å². The molecule has 1 atom stereocenters. The van der Waals surface area contributed by atoms with Crippen LogP contribution < -0.4 is 5.32 Å². The third kappa shape index (κ3) is 5.14. The molecule has 1 fully saturated rings. The fraction of sp³-hybridized carbons (Fsp3) is 0.875. The van der Waals surface area contributed by atoms with E-state index in [0.717, 1.165) is 0 Å². The number of amides is 1. The van der Waals surface area contributed by atoms with Crippen molar-refractivity contribution in [1.82, 2.24) is 5.32 Å². The van der Waals surface area contributed by atoms with Gasteiger partial charge in [0, 0.05) is 6.54 Å². The molecule has 0 radical (unpaired) electrons. The lowest BCUT2D eigenvalue weighted by atomic mass is 9.80. The summed E-state index contributed by atoms with van der Waals surface area (Å²) in [5.74, 6) is -0.774. The van der Waals surface area contributed by atoms with Gasteiger partial charge in [0.15, 0.2) is 0 Å². The monoisotopic (exact) mass is 283 g/mol. The molecule has 0 aliphatic heterocycles. The Kier molecular flexibility index (Phi) is 6.50. The molecule has 1 aliphatic carbocycles. The first-order valence-corrected chi connectivity index (χ1v) is 7.80. The fourth-order valence-electron chi connectivity index (χ4n) is 2.82. The molecular weight excluding hydrogens is 254 g/mol. The van der Waals surface area contributed by atoms with Crippen LogP contribution in [0, 0.1) is 17.3 Å². The van der Waals surface area contributed by atoms with Gasteiger partial charge in [-0.2, -0.15) is 0 Å². The van der Waals surface area contributed by atoms with Crippen molar-refractivity contribution in [1.29, 1.82) is 0 Å². The second-order valence-electron chi connectivity index (χ2n) is 6.80. The van der Waals surface area contributed by atoms with E-state index in [9.17, 15) is 9.59 Å². The minimum absolute atomic E-state index is 0.193. The summed E-state index contributed by atoms with van der Waals surface area (Å²) < 4.78 is 5.04. The largest absolute Gasteiger partial charge is 0.465 e. The van der Waals surface area contributed by atoms with Gasteiger partial charge >= 0.3 is 5.97 Å². The Balaban J connectivity index is 2.56. The van der Waals surface area contributed by atoms with E-state index in [4.69, 9.17) is 4.74 Å². The number of hydrogen-bond donors (Lipinski definition) is 1. The minimum atomic E-state index is -0.731. The van der Waals surface area contributed by atoms with Crippen LogP contribution in [0.4, 0.5) is 0 Å². The third-order valence-corrected chi connectivity index (χ3v) is 3.94. The first-order chi connectivity index (χ1) is 9.36. The van der Waals surface area contributed by atoms with Crippen LogP contribution in [0.5, 0.6) is 0 Å². The zero-order valence-corrected chi connectivity index (χ0v) is 13.3. The van der Waals surface area contributed by atoms with Gasteiger partial charge in [-0.1, -0.05) is 40.0 Å². The van der Waals surface area contributed by atoms with E-state index < -0.39 is 17.3 Å². The zero-order valence-electron chi connectivity index (χ0n) is 13.3. The maximum atomic E-state index is 12.3. The maximum absolute atomic E-state index is 12.3. The van der Waals surface area contributed by atoms with Crippen LogP contribution in [0.15, 0.2) is 0 Å². The first-order valence-electron chi connectivity index (χ1n) is 7.80. The van der Waals surface area contributed by atoms with E-state index >= 15 is 0 Å². The van der Waals surface area contributed by atoms with Crippen molar-refractivity contribution in [2.75, 3.05) is 13.2 Å². The van der Waals surface area contributed by atoms with Crippen LogP contribution in [0.25, 0.3) is 0 Å². The molecule has 116 valence electrons. The summed E-state index contributed by atoms with van der Waals surface area (Å²) in [7, 11) is 0. The van der Waals surface area contributed by atoms with Crippen molar-refractivity contribution in [2.45, 2.75) is 59.8 Å². The molecule has 4 nitrogen and oxygen atoms in total. The lowest BCUT2D eigenvalue weighted by Gasteiger charge is -2.29. The highest BCUT2D eigenvalue weighted by molar-refractivity contribution is 5.98. The Morgan fingerprint density at radius 1 is 1.20 bits per heavy atom. The van der Waals surface area contributed by atoms with Crippen molar-refractivity contribution in [2.24, 2.45) is 17.3 Å². The third-order valence-electron chi connectivity index (χ3n) is 3.94. The summed E-state index contributed by atoms with van der Waals surface area (Å²) in [6.45, 7) is 8.45. The van der Waals surface area contributed by atoms with Gasteiger partial charge in [0.25, 0.3) is 0 Å². The van der Waals surface area contributed by atoms with Gasteiger partial charge in [-0.05, 0) is 31.1 Å². The van der Waals surface area contributed by atoms with Gasteiger partial charge in [0.1, 0.15) is 5.92 Å². The number of esters is 1. The molecule has 0 aromatic carbocycles. The van der Waals surface area contributed by atoms with Crippen LogP contribution in [0.2, 0.25) is 0 Å². The lowest BCUT2D eigenvalue weighted by Crippen LogP contribution is -2.45. The Hall–Kier alpha value is -1.06. The van der Waals surface area contributed by atoms with Crippen LogP contribution >= 0.6 is 0 Å². The SMILES string of the molecule is CCOC(=O)C(C(=O)NCC1CCCCC1)C(C)(C)C. The summed E-state index contributed by atoms with van der Waals surface area (Å²) in [6, 6.07) is 0. The molecule has 0 heterocycles. The molecule has 1 rings (SSSR count). The van der Waals surface area contributed by atoms with Crippen molar-refractivity contribution in [3.63, 3.8) is 0 Å². The van der Waals surface area contributed by atoms with Crippen molar-refractivity contribution in [3.8, 4) is 0 Å². The highest BCUT2D eigenvalue weighted by Gasteiger charge is 2.38. The molecule has 0 bridgehead atoms. The van der Waals surface area contributed by atoms with Crippen LogP contribution in [-0.2, 0) is 14.3 Å². The van der Waals surface area contributed by atoms with Gasteiger partial charge in [-0.15, -0.1) is 0 Å². The number of nitrogens with one attached hydrogen (secondary N) is 1. The van der Waals surface area contributed by atoms with Gasteiger partial charge < -0.3 is 10.1 Å². The van der Waals surface area contributed by atoms with E-state index in [0.29, 0.717) is 19.1 Å². The average molecular weight is 283 g/mol. The molecule has 0 spiro atoms. The Labute approximate surface area is 122 Å². The number of carbonyl (C=O) groups is 2. The fourth-order valence-corrected chi connectivity index (χ4v) is 2.82. The van der Waals surface area contributed by atoms with Crippen LogP contribution in [0.3, 0.4) is 0 Å². The number of rotatable bonds is 5. The standard InChI is InChI=1S/C16H29NO3/c1-5-20-15(19)13(16(2,3)4)14(18)17-11-12-9-7-6-8-10-12/h12-13H,5-11H2,1-4H3,(H,17,18). The molecule has 1 N–H and O–H groups in total. The molecule has 1 unspecified atom stereocenters. The van der Waals surface area contributed by atoms with Gasteiger partial charge in [0.05, 0.1) is 6.61 Å². The summed E-state index contributed by atoms with van der Waals surface area (Å²) in [5, 5.41) is 2.96. The van der Waals surface area contributed by atoms with Crippen molar-refractivity contribution < 1.29 is 14.3 Å². The molecule has 0 aromatic rings. The van der Waals surface area contributed by atoms with Crippen LogP contribution in [0.1, 0.15) is 59.8 Å². The zero-order chi connectivity index (χ0) is 15.2.